The molecule has 15 nitrogen and oxygen atoms in total. The van der Waals surface area contributed by atoms with E-state index in [0.717, 1.165) is 20.7 Å². The van der Waals surface area contributed by atoms with E-state index >= 15 is 0 Å². The summed E-state index contributed by atoms with van der Waals surface area (Å²) < 4.78 is 0. The van der Waals surface area contributed by atoms with Crippen molar-refractivity contribution in [2.45, 2.75) is 13.1 Å². The molecule has 0 radical (unpaired) electrons. The summed E-state index contributed by atoms with van der Waals surface area (Å²) in [4.78, 5) is 32.9. The number of carbonyl (C=O) groups excluding carboxylic acids is 2. The molecule has 176 valence electrons. The van der Waals surface area contributed by atoms with Crippen molar-refractivity contribution in [1.82, 2.24) is 50.5 Å². The summed E-state index contributed by atoms with van der Waals surface area (Å²) in [5.41, 5.74) is 13.3. The molecule has 0 atom stereocenters. The first-order valence-electron chi connectivity index (χ1n) is 10.3. The highest BCUT2D eigenvalue weighted by molar-refractivity contribution is 5.80. The third-order valence-electron chi connectivity index (χ3n) is 4.84. The van der Waals surface area contributed by atoms with Crippen molar-refractivity contribution in [1.29, 1.82) is 0 Å². The van der Waals surface area contributed by atoms with Gasteiger partial charge in [0.1, 0.15) is 13.1 Å². The molecule has 2 aromatic carbocycles. The number of aromatic nitrogens is 8. The molecule has 5 rings (SSSR count). The van der Waals surface area contributed by atoms with E-state index < -0.39 is 11.8 Å². The van der Waals surface area contributed by atoms with Gasteiger partial charge in [-0.05, 0) is 10.4 Å². The molecular formula is C20H18N12O3. The van der Waals surface area contributed by atoms with E-state index in [1.165, 1.54) is 0 Å². The zero-order valence-corrected chi connectivity index (χ0v) is 18.0. The molecule has 0 bridgehead atoms. The maximum absolute atomic E-state index is 12.7. The first kappa shape index (κ1) is 21.7. The molecule has 0 unspecified atom stereocenters. The maximum Gasteiger partial charge on any atom is 0.278 e. The summed E-state index contributed by atoms with van der Waals surface area (Å²) in [5, 5.41) is 25.3. The van der Waals surface area contributed by atoms with Crippen LogP contribution >= 0.6 is 0 Å². The van der Waals surface area contributed by atoms with E-state index in [1.807, 2.05) is 60.7 Å². The van der Waals surface area contributed by atoms with Gasteiger partial charge in [-0.2, -0.15) is 9.59 Å². The van der Waals surface area contributed by atoms with E-state index in [4.69, 9.17) is 16.4 Å². The predicted octanol–water partition coefficient (Wildman–Crippen LogP) is -0.745. The molecule has 4 aromatic rings. The van der Waals surface area contributed by atoms with Gasteiger partial charge in [-0.3, -0.25) is 9.59 Å². The van der Waals surface area contributed by atoms with Gasteiger partial charge in [-0.1, -0.05) is 60.7 Å². The monoisotopic (exact) mass is 474 g/mol. The lowest BCUT2D eigenvalue weighted by molar-refractivity contribution is -0.252. The first-order valence-corrected chi connectivity index (χ1v) is 10.3. The number of nitrogens with two attached hydrogens (primary N) is 2. The zero-order valence-electron chi connectivity index (χ0n) is 18.0. The second-order valence-electron chi connectivity index (χ2n) is 7.25. The van der Waals surface area contributed by atoms with Gasteiger partial charge in [0.25, 0.3) is 11.8 Å². The second-order valence-corrected chi connectivity index (χ2v) is 7.25. The Labute approximate surface area is 197 Å². The van der Waals surface area contributed by atoms with Gasteiger partial charge in [-0.15, -0.1) is 35.5 Å². The number of benzene rings is 2. The Balaban J connectivity index is 1.23. The van der Waals surface area contributed by atoms with E-state index in [9.17, 15) is 9.59 Å². The van der Waals surface area contributed by atoms with E-state index in [-0.39, 0.29) is 24.7 Å². The van der Waals surface area contributed by atoms with Crippen LogP contribution < -0.4 is 11.5 Å². The van der Waals surface area contributed by atoms with Crippen molar-refractivity contribution in [3.63, 3.8) is 0 Å². The van der Waals surface area contributed by atoms with Crippen molar-refractivity contribution in [2.24, 2.45) is 11.5 Å². The van der Waals surface area contributed by atoms with E-state index in [0.29, 0.717) is 21.8 Å². The minimum atomic E-state index is -0.678. The SMILES string of the molecule is NC1=C(N)N(C(=O)Cn2nnc(-c3ccccc3)n2)ON1C(=O)Cn1nnc(-c2ccccc2)n1. The molecule has 0 saturated heterocycles. The molecule has 35 heavy (non-hydrogen) atoms. The van der Waals surface area contributed by atoms with Gasteiger partial charge in [-0.25, -0.2) is 0 Å². The molecule has 0 aliphatic carbocycles. The smallest absolute Gasteiger partial charge is 0.278 e. The molecule has 0 spiro atoms. The summed E-state index contributed by atoms with van der Waals surface area (Å²) in [5.74, 6) is -1.19. The number of hydroxylamine groups is 4. The molecule has 3 heterocycles. The number of tetrazole rings is 2. The average molecular weight is 474 g/mol. The van der Waals surface area contributed by atoms with Gasteiger partial charge in [0.2, 0.25) is 11.6 Å². The Bertz CT molecular complexity index is 1290. The molecule has 1 aliphatic heterocycles. The Morgan fingerprint density at radius 1 is 0.686 bits per heavy atom. The molecule has 2 amide bonds. The highest BCUT2D eigenvalue weighted by Gasteiger charge is 2.37. The fourth-order valence-corrected chi connectivity index (χ4v) is 3.13. The van der Waals surface area contributed by atoms with E-state index in [1.54, 1.807) is 0 Å². The Morgan fingerprint density at radius 3 is 1.49 bits per heavy atom. The summed E-state index contributed by atoms with van der Waals surface area (Å²) in [6.45, 7) is -0.720. The predicted molar refractivity (Wildman–Crippen MR) is 117 cm³/mol. The van der Waals surface area contributed by atoms with Crippen molar-refractivity contribution < 1.29 is 14.5 Å². The van der Waals surface area contributed by atoms with Crippen LogP contribution in [0.5, 0.6) is 0 Å². The van der Waals surface area contributed by atoms with Crippen molar-refractivity contribution in [2.75, 3.05) is 0 Å². The van der Waals surface area contributed by atoms with Crippen LogP contribution in [0.1, 0.15) is 0 Å². The molecular weight excluding hydrogens is 456 g/mol. The maximum atomic E-state index is 12.7. The fraction of sp³-hybridized carbons (Fsp3) is 0.100. The number of carbonyl (C=O) groups is 2. The molecule has 1 aliphatic rings. The number of amides is 2. The van der Waals surface area contributed by atoms with Crippen LogP contribution in [0.25, 0.3) is 22.8 Å². The minimum Gasteiger partial charge on any atom is -0.380 e. The van der Waals surface area contributed by atoms with Crippen molar-refractivity contribution in [3.05, 3.63) is 72.3 Å². The van der Waals surface area contributed by atoms with Crippen LogP contribution in [0.2, 0.25) is 0 Å². The van der Waals surface area contributed by atoms with Gasteiger partial charge < -0.3 is 11.5 Å². The largest absolute Gasteiger partial charge is 0.380 e. The lowest BCUT2D eigenvalue weighted by atomic mass is 10.2. The number of hydrogen-bond acceptors (Lipinski definition) is 11. The quantitative estimate of drug-likeness (QED) is 0.358. The Kier molecular flexibility index (Phi) is 5.56. The normalized spacial score (nSPS) is 13.5. The highest BCUT2D eigenvalue weighted by Crippen LogP contribution is 2.20. The third-order valence-corrected chi connectivity index (χ3v) is 4.84. The van der Waals surface area contributed by atoms with Crippen LogP contribution in [0.4, 0.5) is 0 Å². The lowest BCUT2D eigenvalue weighted by Gasteiger charge is -2.17. The topological polar surface area (TPSA) is 189 Å². The van der Waals surface area contributed by atoms with Crippen LogP contribution in [-0.2, 0) is 27.6 Å². The Hall–Kier alpha value is -5.18. The minimum absolute atomic E-state index is 0.261. The molecule has 0 fully saturated rings. The number of rotatable bonds is 6. The summed E-state index contributed by atoms with van der Waals surface area (Å²) in [6, 6.07) is 18.3. The molecule has 0 saturated carbocycles. The van der Waals surface area contributed by atoms with Gasteiger partial charge in [0.05, 0.1) is 0 Å². The number of nitrogens with zero attached hydrogens (tertiary/aromatic N) is 10. The molecule has 2 aromatic heterocycles. The number of hydrogen-bond donors (Lipinski definition) is 2. The van der Waals surface area contributed by atoms with Crippen molar-refractivity contribution >= 4 is 11.8 Å². The second kappa shape index (κ2) is 8.99. The van der Waals surface area contributed by atoms with E-state index in [2.05, 4.69) is 30.8 Å². The average Bonchev–Trinajstić information content (AvgIpc) is 3.61. The fourth-order valence-electron chi connectivity index (χ4n) is 3.13. The highest BCUT2D eigenvalue weighted by atomic mass is 16.9. The summed E-state index contributed by atoms with van der Waals surface area (Å²) >= 11 is 0. The van der Waals surface area contributed by atoms with Gasteiger partial charge >= 0.3 is 0 Å². The van der Waals surface area contributed by atoms with Gasteiger partial charge in [0.15, 0.2) is 11.6 Å². The molecule has 15 heteroatoms. The van der Waals surface area contributed by atoms with Gasteiger partial charge in [0, 0.05) is 11.1 Å². The van der Waals surface area contributed by atoms with Crippen LogP contribution in [0.3, 0.4) is 0 Å². The zero-order chi connectivity index (χ0) is 24.4. The van der Waals surface area contributed by atoms with Crippen LogP contribution in [-0.4, -0.2) is 62.4 Å². The third kappa shape index (κ3) is 4.38. The lowest BCUT2D eigenvalue weighted by Crippen LogP contribution is -2.38. The summed E-state index contributed by atoms with van der Waals surface area (Å²) in [6.07, 6.45) is 0. The van der Waals surface area contributed by atoms with Crippen LogP contribution in [0, 0.1) is 0 Å². The summed E-state index contributed by atoms with van der Waals surface area (Å²) in [7, 11) is 0. The Morgan fingerprint density at radius 2 is 1.09 bits per heavy atom. The van der Waals surface area contributed by atoms with Crippen molar-refractivity contribution in [3.8, 4) is 22.8 Å². The first-order chi connectivity index (χ1) is 17.0. The van der Waals surface area contributed by atoms with Crippen LogP contribution in [0.15, 0.2) is 72.3 Å². The molecule has 4 N–H and O–H groups in total. The standard InChI is InChI=1S/C20H18N12O3/c21-17-18(22)32(16(34)12-30-26-20(24-28-30)14-9-5-2-6-10-14)35-31(17)15(33)11-29-25-19(23-27-29)13-7-3-1-4-8-13/h1-10H,11-12,21-22H2.